The molecule has 1 atom stereocenters. The van der Waals surface area contributed by atoms with Gasteiger partial charge in [0.15, 0.2) is 0 Å². The Bertz CT molecular complexity index is 545. The Labute approximate surface area is 96.9 Å². The summed E-state index contributed by atoms with van der Waals surface area (Å²) in [5.41, 5.74) is -0.639. The van der Waals surface area contributed by atoms with Gasteiger partial charge in [0.25, 0.3) is 15.8 Å². The molecule has 1 saturated heterocycles. The minimum atomic E-state index is -4.15. The van der Waals surface area contributed by atoms with Crippen LogP contribution in [0, 0.1) is 10.1 Å². The standard InChI is InChI=1S/C9H9NO6S/c11-10(12)8-3-1-7(2-4-8)9(5-16-9)6-17(13,14)15/h1-4H,5-6H2,(H,13,14,15)/t9-/m1/s1. The molecule has 0 radical (unpaired) electrons. The molecule has 1 heterocycles. The van der Waals surface area contributed by atoms with E-state index in [-0.39, 0.29) is 12.3 Å². The summed E-state index contributed by atoms with van der Waals surface area (Å²) in [6, 6.07) is 5.39. The molecule has 17 heavy (non-hydrogen) atoms. The van der Waals surface area contributed by atoms with Gasteiger partial charge in [-0.05, 0) is 17.7 Å². The van der Waals surface area contributed by atoms with Crippen LogP contribution < -0.4 is 0 Å². The third kappa shape index (κ3) is 2.60. The number of non-ortho nitro benzene ring substituents is 1. The summed E-state index contributed by atoms with van der Waals surface area (Å²) in [6.45, 7) is 0.171. The predicted octanol–water partition coefficient (Wildman–Crippen LogP) is 0.708. The summed E-state index contributed by atoms with van der Waals surface area (Å²) >= 11 is 0. The molecular weight excluding hydrogens is 250 g/mol. The largest absolute Gasteiger partial charge is 0.363 e. The summed E-state index contributed by atoms with van der Waals surface area (Å²) in [6.07, 6.45) is 0. The predicted molar refractivity (Wildman–Crippen MR) is 57.1 cm³/mol. The van der Waals surface area contributed by atoms with Gasteiger partial charge < -0.3 is 4.74 Å². The van der Waals surface area contributed by atoms with Crippen LogP contribution in [0.1, 0.15) is 5.56 Å². The van der Waals surface area contributed by atoms with Crippen molar-refractivity contribution in [3.63, 3.8) is 0 Å². The van der Waals surface area contributed by atoms with Gasteiger partial charge >= 0.3 is 0 Å². The summed E-state index contributed by atoms with van der Waals surface area (Å²) in [5, 5.41) is 10.4. The van der Waals surface area contributed by atoms with Crippen molar-refractivity contribution in [2.45, 2.75) is 5.60 Å². The van der Waals surface area contributed by atoms with Crippen molar-refractivity contribution in [2.24, 2.45) is 0 Å². The Kier molecular flexibility index (Phi) is 2.64. The number of nitrogens with zero attached hydrogens (tertiary/aromatic N) is 1. The molecule has 0 spiro atoms. The van der Waals surface area contributed by atoms with Gasteiger partial charge in [-0.2, -0.15) is 8.42 Å². The molecule has 0 unspecified atom stereocenters. The van der Waals surface area contributed by atoms with Crippen molar-refractivity contribution in [2.75, 3.05) is 12.4 Å². The van der Waals surface area contributed by atoms with E-state index in [0.717, 1.165) is 0 Å². The van der Waals surface area contributed by atoms with Crippen LogP contribution in [-0.2, 0) is 20.5 Å². The first-order valence-electron chi connectivity index (χ1n) is 4.66. The summed E-state index contributed by atoms with van der Waals surface area (Å²) in [4.78, 5) is 9.90. The molecule has 92 valence electrons. The zero-order valence-corrected chi connectivity index (χ0v) is 9.38. The molecule has 0 aliphatic carbocycles. The van der Waals surface area contributed by atoms with Crippen molar-refractivity contribution in [3.8, 4) is 0 Å². The van der Waals surface area contributed by atoms with Gasteiger partial charge in [-0.15, -0.1) is 0 Å². The molecule has 1 N–H and O–H groups in total. The fraction of sp³-hybridized carbons (Fsp3) is 0.333. The van der Waals surface area contributed by atoms with E-state index in [1.54, 1.807) is 0 Å². The number of hydrogen-bond donors (Lipinski definition) is 1. The number of rotatable bonds is 4. The number of ether oxygens (including phenoxy) is 1. The Balaban J connectivity index is 2.26. The molecule has 0 amide bonds. The minimum absolute atomic E-state index is 0.0867. The van der Waals surface area contributed by atoms with E-state index in [0.29, 0.717) is 5.56 Å². The molecule has 8 heteroatoms. The van der Waals surface area contributed by atoms with E-state index in [2.05, 4.69) is 0 Å². The Morgan fingerprint density at radius 3 is 2.29 bits per heavy atom. The Hall–Kier alpha value is -1.51. The minimum Gasteiger partial charge on any atom is -0.363 e. The molecule has 0 aromatic heterocycles. The maximum Gasteiger partial charge on any atom is 0.269 e. The zero-order valence-electron chi connectivity index (χ0n) is 8.57. The lowest BCUT2D eigenvalue weighted by atomic mass is 10.0. The van der Waals surface area contributed by atoms with Crippen LogP contribution in [0.5, 0.6) is 0 Å². The number of benzene rings is 1. The maximum absolute atomic E-state index is 10.8. The Morgan fingerprint density at radius 2 is 1.94 bits per heavy atom. The highest BCUT2D eigenvalue weighted by Gasteiger charge is 2.49. The SMILES string of the molecule is O=[N+]([O-])c1ccc([C@]2(CS(=O)(=O)O)CO2)cc1. The summed E-state index contributed by atoms with van der Waals surface area (Å²) in [5.74, 6) is -0.544. The highest BCUT2D eigenvalue weighted by atomic mass is 32.2. The fourth-order valence-electron chi connectivity index (χ4n) is 1.60. The summed E-state index contributed by atoms with van der Waals surface area (Å²) in [7, 11) is -4.15. The van der Waals surface area contributed by atoms with Crippen molar-refractivity contribution < 1.29 is 22.6 Å². The number of nitro benzene ring substituents is 1. The third-order valence-corrected chi connectivity index (χ3v) is 3.34. The van der Waals surface area contributed by atoms with Gasteiger partial charge in [-0.25, -0.2) is 0 Å². The number of epoxide rings is 1. The molecule has 1 fully saturated rings. The number of hydrogen-bond acceptors (Lipinski definition) is 5. The lowest BCUT2D eigenvalue weighted by molar-refractivity contribution is -0.384. The molecule has 0 bridgehead atoms. The van der Waals surface area contributed by atoms with E-state index < -0.39 is 26.4 Å². The average molecular weight is 259 g/mol. The molecule has 1 aromatic rings. The lowest BCUT2D eigenvalue weighted by Crippen LogP contribution is -2.21. The normalized spacial score (nSPS) is 23.4. The average Bonchev–Trinajstić information content (AvgIpc) is 2.96. The van der Waals surface area contributed by atoms with Crippen molar-refractivity contribution in [3.05, 3.63) is 39.9 Å². The first-order valence-corrected chi connectivity index (χ1v) is 6.27. The lowest BCUT2D eigenvalue weighted by Gasteiger charge is -2.09. The summed E-state index contributed by atoms with van der Waals surface area (Å²) < 4.78 is 35.4. The molecular formula is C9H9NO6S. The molecule has 1 aliphatic heterocycles. The van der Waals surface area contributed by atoms with Crippen LogP contribution in [0.15, 0.2) is 24.3 Å². The third-order valence-electron chi connectivity index (χ3n) is 2.51. The van der Waals surface area contributed by atoms with Gasteiger partial charge in [-0.1, -0.05) is 0 Å². The van der Waals surface area contributed by atoms with Crippen LogP contribution >= 0.6 is 0 Å². The van der Waals surface area contributed by atoms with Crippen LogP contribution in [0.4, 0.5) is 5.69 Å². The van der Waals surface area contributed by atoms with Gasteiger partial charge in [0.05, 0.1) is 11.5 Å². The van der Waals surface area contributed by atoms with Gasteiger partial charge in [0.1, 0.15) is 11.4 Å². The van der Waals surface area contributed by atoms with Gasteiger partial charge in [0, 0.05) is 12.1 Å². The van der Waals surface area contributed by atoms with Crippen LogP contribution in [0.2, 0.25) is 0 Å². The smallest absolute Gasteiger partial charge is 0.269 e. The highest BCUT2D eigenvalue weighted by Crippen LogP contribution is 2.40. The first kappa shape index (κ1) is 12.0. The van der Waals surface area contributed by atoms with E-state index >= 15 is 0 Å². The molecule has 1 aliphatic rings. The van der Waals surface area contributed by atoms with Crippen molar-refractivity contribution in [1.82, 2.24) is 0 Å². The van der Waals surface area contributed by atoms with E-state index in [9.17, 15) is 18.5 Å². The van der Waals surface area contributed by atoms with Crippen LogP contribution in [-0.4, -0.2) is 30.3 Å². The quantitative estimate of drug-likeness (QED) is 0.369. The van der Waals surface area contributed by atoms with E-state index in [1.807, 2.05) is 0 Å². The second-order valence-electron chi connectivity index (χ2n) is 3.81. The molecule has 0 saturated carbocycles. The van der Waals surface area contributed by atoms with Crippen molar-refractivity contribution >= 4 is 15.8 Å². The van der Waals surface area contributed by atoms with Crippen LogP contribution in [0.3, 0.4) is 0 Å². The maximum atomic E-state index is 10.8. The topological polar surface area (TPSA) is 110 Å². The second-order valence-corrected chi connectivity index (χ2v) is 5.27. The van der Waals surface area contributed by atoms with E-state index in [4.69, 9.17) is 9.29 Å². The zero-order chi connectivity index (χ0) is 12.7. The molecule has 1 aromatic carbocycles. The van der Waals surface area contributed by atoms with Crippen molar-refractivity contribution in [1.29, 1.82) is 0 Å². The fourth-order valence-corrected chi connectivity index (χ4v) is 2.52. The van der Waals surface area contributed by atoms with Crippen LogP contribution in [0.25, 0.3) is 0 Å². The number of nitro groups is 1. The highest BCUT2D eigenvalue weighted by molar-refractivity contribution is 7.85. The van der Waals surface area contributed by atoms with Gasteiger partial charge in [0.2, 0.25) is 0 Å². The monoisotopic (exact) mass is 259 g/mol. The Morgan fingerprint density at radius 1 is 1.41 bits per heavy atom. The molecule has 2 rings (SSSR count). The molecule has 7 nitrogen and oxygen atoms in total. The van der Waals surface area contributed by atoms with Gasteiger partial charge in [-0.3, -0.25) is 14.7 Å². The second kappa shape index (κ2) is 3.76. The first-order chi connectivity index (χ1) is 7.82. The van der Waals surface area contributed by atoms with E-state index in [1.165, 1.54) is 24.3 Å².